The van der Waals surface area contributed by atoms with Crippen molar-refractivity contribution >= 4 is 11.3 Å². The van der Waals surface area contributed by atoms with Crippen molar-refractivity contribution in [2.75, 3.05) is 13.2 Å². The highest BCUT2D eigenvalue weighted by molar-refractivity contribution is 7.13. The highest BCUT2D eigenvalue weighted by Gasteiger charge is 2.17. The van der Waals surface area contributed by atoms with E-state index in [2.05, 4.69) is 23.7 Å². The monoisotopic (exact) mass is 294 g/mol. The summed E-state index contributed by atoms with van der Waals surface area (Å²) in [6, 6.07) is 4.47. The minimum Gasteiger partial charge on any atom is -0.444 e. The molecule has 2 rings (SSSR count). The minimum absolute atomic E-state index is 0.173. The maximum Gasteiger partial charge on any atom is 0.236 e. The maximum absolute atomic E-state index is 9.23. The topological polar surface area (TPSA) is 49.5 Å². The Kier molecular flexibility index (Phi) is 5.76. The van der Waals surface area contributed by atoms with E-state index in [1.807, 2.05) is 17.5 Å². The Bertz CT molecular complexity index is 492. The lowest BCUT2D eigenvalue weighted by molar-refractivity contribution is 0.135. The van der Waals surface area contributed by atoms with Crippen LogP contribution in [0.2, 0.25) is 0 Å². The fraction of sp³-hybridized carbons (Fsp3) is 0.533. The summed E-state index contributed by atoms with van der Waals surface area (Å²) in [5.74, 6) is 0.684. The van der Waals surface area contributed by atoms with Crippen LogP contribution in [0.25, 0.3) is 10.8 Å². The first-order chi connectivity index (χ1) is 9.78. The molecular weight excluding hydrogens is 272 g/mol. The summed E-state index contributed by atoms with van der Waals surface area (Å²) in [4.78, 5) is 7.87. The van der Waals surface area contributed by atoms with Crippen molar-refractivity contribution in [2.45, 2.75) is 39.3 Å². The van der Waals surface area contributed by atoms with Crippen LogP contribution >= 0.6 is 11.3 Å². The van der Waals surface area contributed by atoms with E-state index in [9.17, 15) is 5.11 Å². The van der Waals surface area contributed by atoms with Crippen molar-refractivity contribution in [1.29, 1.82) is 0 Å². The van der Waals surface area contributed by atoms with Crippen molar-refractivity contribution in [3.8, 4) is 10.8 Å². The molecule has 0 saturated heterocycles. The number of aliphatic hydroxyl groups excluding tert-OH is 1. The first kappa shape index (κ1) is 15.2. The summed E-state index contributed by atoms with van der Waals surface area (Å²) in [5, 5.41) is 11.2. The van der Waals surface area contributed by atoms with E-state index in [0.717, 1.165) is 30.0 Å². The number of thiophene rings is 1. The Morgan fingerprint density at radius 2 is 2.20 bits per heavy atom. The molecular formula is C15H22N2O2S. The van der Waals surface area contributed by atoms with E-state index < -0.39 is 0 Å². The van der Waals surface area contributed by atoms with Crippen LogP contribution in [0.3, 0.4) is 0 Å². The molecule has 2 aromatic heterocycles. The van der Waals surface area contributed by atoms with Gasteiger partial charge in [-0.15, -0.1) is 11.3 Å². The second-order valence-corrected chi connectivity index (χ2v) is 5.73. The molecule has 0 aliphatic heterocycles. The number of aliphatic hydroxyl groups is 1. The summed E-state index contributed by atoms with van der Waals surface area (Å²) in [7, 11) is 0. The van der Waals surface area contributed by atoms with Gasteiger partial charge in [0.1, 0.15) is 6.26 Å². The molecule has 110 valence electrons. The van der Waals surface area contributed by atoms with E-state index in [1.54, 1.807) is 17.6 Å². The Hall–Kier alpha value is -1.17. The molecule has 0 saturated carbocycles. The molecule has 2 aromatic rings. The summed E-state index contributed by atoms with van der Waals surface area (Å²) in [6.07, 6.45) is 3.88. The van der Waals surface area contributed by atoms with Gasteiger partial charge >= 0.3 is 0 Å². The van der Waals surface area contributed by atoms with Gasteiger partial charge in [-0.3, -0.25) is 4.90 Å². The van der Waals surface area contributed by atoms with Gasteiger partial charge in [-0.2, -0.15) is 0 Å². The van der Waals surface area contributed by atoms with E-state index in [1.165, 1.54) is 0 Å². The number of rotatable bonds is 8. The van der Waals surface area contributed by atoms with Crippen LogP contribution in [0.5, 0.6) is 0 Å². The van der Waals surface area contributed by atoms with Crippen molar-refractivity contribution in [2.24, 2.45) is 0 Å². The van der Waals surface area contributed by atoms with Crippen molar-refractivity contribution < 1.29 is 9.52 Å². The zero-order valence-corrected chi connectivity index (χ0v) is 12.9. The summed E-state index contributed by atoms with van der Waals surface area (Å²) in [5.41, 5.74) is 0.925. The molecule has 0 aliphatic rings. The predicted octanol–water partition coefficient (Wildman–Crippen LogP) is 3.39. The molecule has 0 bridgehead atoms. The summed E-state index contributed by atoms with van der Waals surface area (Å²) < 4.78 is 5.55. The van der Waals surface area contributed by atoms with Crippen LogP contribution in [0.1, 0.15) is 32.4 Å². The van der Waals surface area contributed by atoms with Crippen molar-refractivity contribution in [3.05, 3.63) is 29.5 Å². The second-order valence-electron chi connectivity index (χ2n) is 4.79. The molecule has 20 heavy (non-hydrogen) atoms. The van der Waals surface area contributed by atoms with Crippen molar-refractivity contribution in [1.82, 2.24) is 9.88 Å². The third kappa shape index (κ3) is 3.69. The molecule has 0 amide bonds. The lowest BCUT2D eigenvalue weighted by Gasteiger charge is -2.28. The molecule has 0 atom stereocenters. The van der Waals surface area contributed by atoms with E-state index in [-0.39, 0.29) is 6.61 Å². The third-order valence-electron chi connectivity index (χ3n) is 3.49. The average Bonchev–Trinajstić information content (AvgIpc) is 3.10. The Morgan fingerprint density at radius 1 is 1.40 bits per heavy atom. The fourth-order valence-electron chi connectivity index (χ4n) is 2.43. The molecule has 4 nitrogen and oxygen atoms in total. The second kappa shape index (κ2) is 7.57. The van der Waals surface area contributed by atoms with Crippen LogP contribution in [0.15, 0.2) is 28.2 Å². The first-order valence-electron chi connectivity index (χ1n) is 7.11. The average molecular weight is 294 g/mol. The van der Waals surface area contributed by atoms with Gasteiger partial charge in [0, 0.05) is 19.1 Å². The zero-order valence-electron chi connectivity index (χ0n) is 12.1. The number of hydrogen-bond acceptors (Lipinski definition) is 5. The Labute approximate surface area is 124 Å². The van der Waals surface area contributed by atoms with Gasteiger partial charge in [0.05, 0.1) is 17.2 Å². The highest BCUT2D eigenvalue weighted by Crippen LogP contribution is 2.24. The summed E-state index contributed by atoms with van der Waals surface area (Å²) in [6.45, 7) is 5.93. The molecule has 0 unspecified atom stereocenters. The normalized spacial score (nSPS) is 11.7. The van der Waals surface area contributed by atoms with Gasteiger partial charge in [-0.1, -0.05) is 19.9 Å². The van der Waals surface area contributed by atoms with Crippen LogP contribution in [0.4, 0.5) is 0 Å². The number of oxazole rings is 1. The first-order valence-corrected chi connectivity index (χ1v) is 7.99. The number of nitrogens with zero attached hydrogens (tertiary/aromatic N) is 2. The standard InChI is InChI=1S/C15H22N2O2S/c1-3-13(4-2)17(7-8-18)10-12-11-19-15(16-12)14-6-5-9-20-14/h5-6,9,11,13,18H,3-4,7-8,10H2,1-2H3. The number of aromatic nitrogens is 1. The molecule has 5 heteroatoms. The molecule has 1 N–H and O–H groups in total. The van der Waals surface area contributed by atoms with E-state index in [4.69, 9.17) is 4.42 Å². The molecule has 0 aromatic carbocycles. The molecule has 0 radical (unpaired) electrons. The maximum atomic E-state index is 9.23. The fourth-order valence-corrected chi connectivity index (χ4v) is 3.08. The lowest BCUT2D eigenvalue weighted by atomic mass is 10.1. The number of hydrogen-bond donors (Lipinski definition) is 1. The summed E-state index contributed by atoms with van der Waals surface area (Å²) >= 11 is 1.62. The van der Waals surface area contributed by atoms with Crippen LogP contribution in [0, 0.1) is 0 Å². The molecule has 0 fully saturated rings. The molecule has 0 spiro atoms. The highest BCUT2D eigenvalue weighted by atomic mass is 32.1. The van der Waals surface area contributed by atoms with Crippen LogP contribution in [-0.4, -0.2) is 34.2 Å². The lowest BCUT2D eigenvalue weighted by Crippen LogP contribution is -2.36. The van der Waals surface area contributed by atoms with E-state index in [0.29, 0.717) is 18.5 Å². The van der Waals surface area contributed by atoms with Crippen molar-refractivity contribution in [3.63, 3.8) is 0 Å². The van der Waals surface area contributed by atoms with Crippen LogP contribution < -0.4 is 0 Å². The van der Waals surface area contributed by atoms with Gasteiger partial charge in [0.25, 0.3) is 0 Å². The third-order valence-corrected chi connectivity index (χ3v) is 4.35. The smallest absolute Gasteiger partial charge is 0.236 e. The minimum atomic E-state index is 0.173. The van der Waals surface area contributed by atoms with Gasteiger partial charge in [0.15, 0.2) is 0 Å². The van der Waals surface area contributed by atoms with Gasteiger partial charge in [0.2, 0.25) is 5.89 Å². The Morgan fingerprint density at radius 3 is 2.80 bits per heavy atom. The quantitative estimate of drug-likeness (QED) is 0.811. The zero-order chi connectivity index (χ0) is 14.4. The molecule has 0 aliphatic carbocycles. The molecule has 2 heterocycles. The van der Waals surface area contributed by atoms with Gasteiger partial charge in [-0.05, 0) is 24.3 Å². The van der Waals surface area contributed by atoms with Gasteiger partial charge in [-0.25, -0.2) is 4.98 Å². The van der Waals surface area contributed by atoms with Crippen LogP contribution in [-0.2, 0) is 6.54 Å². The predicted molar refractivity (Wildman–Crippen MR) is 81.7 cm³/mol. The van der Waals surface area contributed by atoms with E-state index >= 15 is 0 Å². The SMILES string of the molecule is CCC(CC)N(CCO)Cc1coc(-c2cccs2)n1. The Balaban J connectivity index is 2.07. The van der Waals surface area contributed by atoms with Gasteiger partial charge < -0.3 is 9.52 Å². The largest absolute Gasteiger partial charge is 0.444 e.